The van der Waals surface area contributed by atoms with Gasteiger partial charge in [0, 0.05) is 38.5 Å². The van der Waals surface area contributed by atoms with Gasteiger partial charge in [0.2, 0.25) is 0 Å². The van der Waals surface area contributed by atoms with Crippen LogP contribution in [0.3, 0.4) is 0 Å². The second kappa shape index (κ2) is 103. The van der Waals surface area contributed by atoms with Crippen molar-refractivity contribution < 1.29 is 57.2 Å². The standard InChI is InChI=1S/C114H200O12/c1-6-11-16-21-26-31-36-41-47-55-62-69-76-83-90-97-109(115)121-103-106(124-112(118)100-93-86-79-72-65-58-49-43-38-33-28-23-18-13-8-3)104-122-110(116)98-91-84-77-70-63-57-53-46-52-54-61-68-75-82-89-96-107(125-113(119)101-94-87-80-73-66-59-50-44-39-34-29-24-19-14-9-4)108(126-114(120)102-95-88-81-74-67-60-51-45-40-35-30-25-20-15-10-5)105-123-111(117)99-92-85-78-71-64-56-48-42-37-32-27-22-17-12-7-2/h26,28,31,33,41-51,53-54,61,106-108H,6-25,27,29-30,32,34-40,52,55-60,62-105H2,1-5H3. The number of hydrogen-bond acceptors (Lipinski definition) is 12. The van der Waals surface area contributed by atoms with Gasteiger partial charge in [0.05, 0.1) is 0 Å². The van der Waals surface area contributed by atoms with Gasteiger partial charge in [0.1, 0.15) is 25.9 Å². The molecule has 0 aromatic rings. The van der Waals surface area contributed by atoms with E-state index >= 15 is 0 Å². The second-order valence-corrected chi connectivity index (χ2v) is 36.3. The van der Waals surface area contributed by atoms with Gasteiger partial charge in [-0.25, -0.2) is 0 Å². The maximum absolute atomic E-state index is 13.8. The minimum atomic E-state index is -0.870. The maximum atomic E-state index is 13.8. The number of allylic oxidation sites excluding steroid dienone is 18. The summed E-state index contributed by atoms with van der Waals surface area (Å²) in [5, 5.41) is 0. The van der Waals surface area contributed by atoms with Crippen LogP contribution >= 0.6 is 0 Å². The molecule has 126 heavy (non-hydrogen) atoms. The summed E-state index contributed by atoms with van der Waals surface area (Å²) in [7, 11) is 0. The molecule has 0 aromatic heterocycles. The van der Waals surface area contributed by atoms with Gasteiger partial charge in [-0.3, -0.25) is 28.8 Å². The summed E-state index contributed by atoms with van der Waals surface area (Å²) in [6, 6.07) is 0. The Hall–Kier alpha value is -5.52. The van der Waals surface area contributed by atoms with Gasteiger partial charge in [-0.15, -0.1) is 0 Å². The van der Waals surface area contributed by atoms with Crippen molar-refractivity contribution in [1.29, 1.82) is 0 Å². The van der Waals surface area contributed by atoms with E-state index in [9.17, 15) is 28.8 Å². The van der Waals surface area contributed by atoms with E-state index in [1.165, 1.54) is 186 Å². The minimum Gasteiger partial charge on any atom is -0.462 e. The third-order valence-electron chi connectivity index (χ3n) is 23.9. The van der Waals surface area contributed by atoms with Gasteiger partial charge in [0.15, 0.2) is 12.2 Å². The predicted molar refractivity (Wildman–Crippen MR) is 538 cm³/mol. The smallest absolute Gasteiger partial charge is 0.306 e. The Morgan fingerprint density at radius 1 is 0.175 bits per heavy atom. The molecule has 0 aliphatic heterocycles. The third-order valence-corrected chi connectivity index (χ3v) is 23.9. The van der Waals surface area contributed by atoms with Crippen molar-refractivity contribution in [2.45, 2.75) is 560 Å². The van der Waals surface area contributed by atoms with Crippen molar-refractivity contribution in [3.05, 3.63) is 109 Å². The van der Waals surface area contributed by atoms with Crippen LogP contribution in [0.2, 0.25) is 0 Å². The Bertz CT molecular complexity index is 2660. The minimum absolute atomic E-state index is 0.120. The SMILES string of the molecule is CCCCCC=CCC=CCCCCCCCC(=O)OCC(COC(=O)CCCCCCCC=CCC=CCCCCCC(OC(=O)CCCCCCCC=CCCCCCCCC)C(COC(=O)CCCCCCCC=CCCCCCCCC)OC(=O)CCCCCCCC=CCCCCCCCC)OC(=O)CCCCCCCC=CCC=CCCCCC. The van der Waals surface area contributed by atoms with Crippen LogP contribution in [0.4, 0.5) is 0 Å². The molecule has 0 heterocycles. The van der Waals surface area contributed by atoms with Gasteiger partial charge in [-0.1, -0.05) is 388 Å². The van der Waals surface area contributed by atoms with Gasteiger partial charge >= 0.3 is 35.8 Å². The molecule has 0 amide bonds. The highest BCUT2D eigenvalue weighted by atomic mass is 16.6. The van der Waals surface area contributed by atoms with Crippen molar-refractivity contribution in [2.75, 3.05) is 19.8 Å². The van der Waals surface area contributed by atoms with Crippen LogP contribution in [-0.4, -0.2) is 73.9 Å². The first-order chi connectivity index (χ1) is 62.1. The highest BCUT2D eigenvalue weighted by Gasteiger charge is 2.30. The highest BCUT2D eigenvalue weighted by molar-refractivity contribution is 5.72. The number of unbranched alkanes of at least 4 members (excludes halogenated alkanes) is 57. The largest absolute Gasteiger partial charge is 0.462 e. The van der Waals surface area contributed by atoms with Crippen LogP contribution in [0.15, 0.2) is 109 Å². The molecule has 0 saturated heterocycles. The lowest BCUT2D eigenvalue weighted by molar-refractivity contribution is -0.176. The number of hydrogen-bond donors (Lipinski definition) is 0. The summed E-state index contributed by atoms with van der Waals surface area (Å²) in [6.45, 7) is 10.9. The Labute approximate surface area is 777 Å². The first-order valence-corrected chi connectivity index (χ1v) is 54.0. The number of carbonyl (C=O) groups excluding carboxylic acids is 6. The van der Waals surface area contributed by atoms with E-state index in [1.54, 1.807) is 0 Å². The average Bonchev–Trinajstić information content (AvgIpc) is 0.885. The fourth-order valence-electron chi connectivity index (χ4n) is 15.7. The summed E-state index contributed by atoms with van der Waals surface area (Å²) >= 11 is 0. The zero-order valence-electron chi connectivity index (χ0n) is 83.0. The summed E-state index contributed by atoms with van der Waals surface area (Å²) < 4.78 is 35.6. The summed E-state index contributed by atoms with van der Waals surface area (Å²) in [5.74, 6) is -1.91. The summed E-state index contributed by atoms with van der Waals surface area (Å²) in [6.07, 6.45) is 122. The first kappa shape index (κ1) is 120. The third kappa shape index (κ3) is 96.0. The van der Waals surface area contributed by atoms with E-state index in [1.807, 2.05) is 0 Å². The molecule has 728 valence electrons. The monoisotopic (exact) mass is 1760 g/mol. The van der Waals surface area contributed by atoms with Crippen molar-refractivity contribution >= 4 is 35.8 Å². The Balaban J connectivity index is 5.51. The molecule has 12 nitrogen and oxygen atoms in total. The van der Waals surface area contributed by atoms with E-state index in [2.05, 4.69) is 144 Å². The molecule has 3 atom stereocenters. The molecule has 12 heteroatoms. The van der Waals surface area contributed by atoms with Gasteiger partial charge in [-0.05, 0) is 225 Å². The first-order valence-electron chi connectivity index (χ1n) is 54.0. The summed E-state index contributed by atoms with van der Waals surface area (Å²) in [5.41, 5.74) is 0. The van der Waals surface area contributed by atoms with E-state index in [4.69, 9.17) is 28.4 Å². The molecule has 0 aromatic carbocycles. The molecule has 3 unspecified atom stereocenters. The predicted octanol–water partition coefficient (Wildman–Crippen LogP) is 35.3. The molecule has 0 bridgehead atoms. The Morgan fingerprint density at radius 3 is 0.603 bits per heavy atom. The molecule has 0 rings (SSSR count). The Morgan fingerprint density at radius 2 is 0.349 bits per heavy atom. The zero-order valence-corrected chi connectivity index (χ0v) is 83.0. The lowest BCUT2D eigenvalue weighted by Gasteiger charge is -2.27. The Kier molecular flexibility index (Phi) is 98.7. The van der Waals surface area contributed by atoms with E-state index in [-0.39, 0.29) is 74.9 Å². The van der Waals surface area contributed by atoms with Gasteiger partial charge in [-0.2, -0.15) is 0 Å². The molecular weight excluding hydrogens is 1560 g/mol. The molecule has 0 fully saturated rings. The van der Waals surface area contributed by atoms with Crippen molar-refractivity contribution in [3.63, 3.8) is 0 Å². The van der Waals surface area contributed by atoms with E-state index in [0.717, 1.165) is 276 Å². The van der Waals surface area contributed by atoms with E-state index < -0.39 is 18.3 Å². The molecule has 0 aliphatic carbocycles. The highest BCUT2D eigenvalue weighted by Crippen LogP contribution is 2.23. The zero-order chi connectivity index (χ0) is 91.1. The van der Waals surface area contributed by atoms with Crippen molar-refractivity contribution in [3.8, 4) is 0 Å². The fourth-order valence-corrected chi connectivity index (χ4v) is 15.7. The van der Waals surface area contributed by atoms with Crippen molar-refractivity contribution in [2.24, 2.45) is 0 Å². The van der Waals surface area contributed by atoms with Gasteiger partial charge in [0.25, 0.3) is 0 Å². The van der Waals surface area contributed by atoms with Gasteiger partial charge < -0.3 is 28.4 Å². The van der Waals surface area contributed by atoms with Crippen LogP contribution in [-0.2, 0) is 57.2 Å². The lowest BCUT2D eigenvalue weighted by Crippen LogP contribution is -2.39. The quantitative estimate of drug-likeness (QED) is 0.0246. The van der Waals surface area contributed by atoms with Crippen LogP contribution in [0.25, 0.3) is 0 Å². The molecule has 0 saturated carbocycles. The number of ether oxygens (including phenoxy) is 6. The van der Waals surface area contributed by atoms with Crippen molar-refractivity contribution in [1.82, 2.24) is 0 Å². The number of rotatable bonds is 99. The number of carbonyl (C=O) groups is 6. The molecule has 0 radical (unpaired) electrons. The average molecular weight is 1760 g/mol. The molecule has 0 aliphatic rings. The number of esters is 6. The van der Waals surface area contributed by atoms with Crippen LogP contribution in [0, 0.1) is 0 Å². The maximum Gasteiger partial charge on any atom is 0.306 e. The van der Waals surface area contributed by atoms with E-state index in [0.29, 0.717) is 25.7 Å². The topological polar surface area (TPSA) is 158 Å². The van der Waals surface area contributed by atoms with Crippen LogP contribution < -0.4 is 0 Å². The second-order valence-electron chi connectivity index (χ2n) is 36.3. The molecular formula is C114H200O12. The normalized spacial score (nSPS) is 12.8. The lowest BCUT2D eigenvalue weighted by atomic mass is 10.0. The fraction of sp³-hybridized carbons (Fsp3) is 0.789. The molecule has 0 spiro atoms. The van der Waals surface area contributed by atoms with Crippen LogP contribution in [0.1, 0.15) is 542 Å². The summed E-state index contributed by atoms with van der Waals surface area (Å²) in [4.78, 5) is 79.9. The molecule has 0 N–H and O–H groups in total. The van der Waals surface area contributed by atoms with Crippen LogP contribution in [0.5, 0.6) is 0 Å².